The van der Waals surface area contributed by atoms with Crippen LogP contribution in [0.2, 0.25) is 0 Å². The second-order valence-corrected chi connectivity index (χ2v) is 6.31. The third kappa shape index (κ3) is 4.03. The Morgan fingerprint density at radius 3 is 2.76 bits per heavy atom. The van der Waals surface area contributed by atoms with E-state index in [1.807, 2.05) is 19.1 Å². The Hall–Kier alpha value is -2.74. The van der Waals surface area contributed by atoms with Gasteiger partial charge in [-0.25, -0.2) is 9.97 Å². The minimum Gasteiger partial charge on any atom is -0.365 e. The van der Waals surface area contributed by atoms with Gasteiger partial charge >= 0.3 is 0 Å². The summed E-state index contributed by atoms with van der Waals surface area (Å²) in [6.45, 7) is 1.92. The lowest BCUT2D eigenvalue weighted by Gasteiger charge is -2.29. The molecule has 1 saturated carbocycles. The number of rotatable bonds is 5. The highest BCUT2D eigenvalue weighted by atomic mass is 16.1. The van der Waals surface area contributed by atoms with Crippen molar-refractivity contribution in [3.05, 3.63) is 35.7 Å². The second kappa shape index (κ2) is 7.43. The summed E-state index contributed by atoms with van der Waals surface area (Å²) in [4.78, 5) is 24.6. The van der Waals surface area contributed by atoms with Crippen LogP contribution in [0.5, 0.6) is 0 Å². The standard InChI is InChI=1S/C17H23N7O/c1-10-5-4-8-20-15(10)23-16-11(14(19)25)9-21-17(24-16)22-13-7-3-2-6-12(13)18/h4-5,8-9,12-13H,2-3,6-7,18H2,1H3,(H2,19,25)(H2,20,21,22,23,24)/t12-,13+/m0/s1. The molecule has 25 heavy (non-hydrogen) atoms. The Morgan fingerprint density at radius 2 is 2.04 bits per heavy atom. The summed E-state index contributed by atoms with van der Waals surface area (Å²) in [6, 6.07) is 3.95. The van der Waals surface area contributed by atoms with Crippen molar-refractivity contribution in [2.75, 3.05) is 10.6 Å². The molecule has 0 saturated heterocycles. The van der Waals surface area contributed by atoms with E-state index in [4.69, 9.17) is 11.5 Å². The van der Waals surface area contributed by atoms with Crippen LogP contribution >= 0.6 is 0 Å². The molecule has 0 aromatic carbocycles. The zero-order valence-electron chi connectivity index (χ0n) is 14.2. The number of carbonyl (C=O) groups is 1. The SMILES string of the molecule is Cc1cccnc1Nc1nc(N[C@@H]2CCCC[C@@H]2N)ncc1C(N)=O. The molecule has 132 valence electrons. The topological polar surface area (TPSA) is 132 Å². The van der Waals surface area contributed by atoms with Gasteiger partial charge in [0, 0.05) is 24.5 Å². The summed E-state index contributed by atoms with van der Waals surface area (Å²) in [5.41, 5.74) is 12.8. The molecule has 0 spiro atoms. The molecule has 0 unspecified atom stereocenters. The van der Waals surface area contributed by atoms with E-state index in [1.165, 1.54) is 6.20 Å². The van der Waals surface area contributed by atoms with Crippen LogP contribution in [0.4, 0.5) is 17.6 Å². The second-order valence-electron chi connectivity index (χ2n) is 6.31. The average molecular weight is 341 g/mol. The van der Waals surface area contributed by atoms with Gasteiger partial charge in [0.2, 0.25) is 5.95 Å². The molecule has 1 fully saturated rings. The van der Waals surface area contributed by atoms with Gasteiger partial charge in [0.1, 0.15) is 17.2 Å². The fraction of sp³-hybridized carbons (Fsp3) is 0.412. The Balaban J connectivity index is 1.87. The molecule has 1 aliphatic rings. The van der Waals surface area contributed by atoms with E-state index in [0.717, 1.165) is 31.2 Å². The van der Waals surface area contributed by atoms with E-state index >= 15 is 0 Å². The first-order valence-corrected chi connectivity index (χ1v) is 8.42. The van der Waals surface area contributed by atoms with Crippen molar-refractivity contribution in [3.8, 4) is 0 Å². The van der Waals surface area contributed by atoms with Gasteiger partial charge < -0.3 is 22.1 Å². The van der Waals surface area contributed by atoms with Crippen molar-refractivity contribution < 1.29 is 4.79 Å². The highest BCUT2D eigenvalue weighted by Crippen LogP contribution is 2.23. The maximum atomic E-state index is 11.7. The van der Waals surface area contributed by atoms with E-state index in [0.29, 0.717) is 17.6 Å². The highest BCUT2D eigenvalue weighted by molar-refractivity contribution is 5.98. The van der Waals surface area contributed by atoms with E-state index in [-0.39, 0.29) is 17.6 Å². The first-order valence-electron chi connectivity index (χ1n) is 8.42. The van der Waals surface area contributed by atoms with Crippen molar-refractivity contribution in [3.63, 3.8) is 0 Å². The number of hydrogen-bond acceptors (Lipinski definition) is 7. The molecule has 1 amide bonds. The number of nitrogens with one attached hydrogen (secondary N) is 2. The van der Waals surface area contributed by atoms with Gasteiger partial charge in [-0.1, -0.05) is 18.9 Å². The monoisotopic (exact) mass is 341 g/mol. The van der Waals surface area contributed by atoms with Crippen LogP contribution in [-0.4, -0.2) is 32.9 Å². The molecular formula is C17H23N7O. The normalized spacial score (nSPS) is 20.1. The van der Waals surface area contributed by atoms with Crippen LogP contribution < -0.4 is 22.1 Å². The molecule has 1 aliphatic carbocycles. The molecule has 3 rings (SSSR count). The highest BCUT2D eigenvalue weighted by Gasteiger charge is 2.23. The van der Waals surface area contributed by atoms with Gasteiger partial charge in [0.25, 0.3) is 5.91 Å². The smallest absolute Gasteiger partial charge is 0.254 e. The van der Waals surface area contributed by atoms with Gasteiger partial charge in [-0.05, 0) is 31.4 Å². The molecule has 2 atom stereocenters. The lowest BCUT2D eigenvalue weighted by Crippen LogP contribution is -2.43. The summed E-state index contributed by atoms with van der Waals surface area (Å²) < 4.78 is 0. The van der Waals surface area contributed by atoms with Crippen molar-refractivity contribution in [1.82, 2.24) is 15.0 Å². The first-order chi connectivity index (χ1) is 12.0. The number of pyridine rings is 1. The quantitative estimate of drug-likeness (QED) is 0.650. The number of hydrogen-bond donors (Lipinski definition) is 4. The van der Waals surface area contributed by atoms with Crippen LogP contribution in [0.3, 0.4) is 0 Å². The van der Waals surface area contributed by atoms with Crippen LogP contribution in [0, 0.1) is 6.92 Å². The van der Waals surface area contributed by atoms with Gasteiger partial charge in [0.05, 0.1) is 0 Å². The third-order valence-corrected chi connectivity index (χ3v) is 4.43. The van der Waals surface area contributed by atoms with Crippen molar-refractivity contribution in [2.24, 2.45) is 11.5 Å². The summed E-state index contributed by atoms with van der Waals surface area (Å²) in [5.74, 6) is 0.764. The molecular weight excluding hydrogens is 318 g/mol. The van der Waals surface area contributed by atoms with E-state index < -0.39 is 5.91 Å². The van der Waals surface area contributed by atoms with E-state index in [1.54, 1.807) is 6.20 Å². The maximum Gasteiger partial charge on any atom is 0.254 e. The average Bonchev–Trinajstić information content (AvgIpc) is 2.59. The lowest BCUT2D eigenvalue weighted by atomic mass is 9.91. The van der Waals surface area contributed by atoms with Crippen molar-refractivity contribution in [1.29, 1.82) is 0 Å². The molecule has 2 heterocycles. The predicted molar refractivity (Wildman–Crippen MR) is 96.7 cm³/mol. The number of nitrogens with zero attached hydrogens (tertiary/aromatic N) is 3. The molecule has 0 radical (unpaired) electrons. The number of primary amides is 1. The van der Waals surface area contributed by atoms with Gasteiger partial charge in [-0.3, -0.25) is 4.79 Å². The number of aromatic nitrogens is 3. The fourth-order valence-corrected chi connectivity index (χ4v) is 2.96. The summed E-state index contributed by atoms with van der Waals surface area (Å²) >= 11 is 0. The number of aryl methyl sites for hydroxylation is 1. The third-order valence-electron chi connectivity index (χ3n) is 4.43. The van der Waals surface area contributed by atoms with E-state index in [9.17, 15) is 4.79 Å². The van der Waals surface area contributed by atoms with Gasteiger partial charge in [-0.2, -0.15) is 4.98 Å². The fourth-order valence-electron chi connectivity index (χ4n) is 2.96. The molecule has 8 heteroatoms. The summed E-state index contributed by atoms with van der Waals surface area (Å²) in [5, 5.41) is 6.35. The minimum absolute atomic E-state index is 0.0719. The zero-order valence-corrected chi connectivity index (χ0v) is 14.2. The van der Waals surface area contributed by atoms with Crippen molar-refractivity contribution >= 4 is 23.5 Å². The lowest BCUT2D eigenvalue weighted by molar-refractivity contribution is 0.100. The number of amides is 1. The Morgan fingerprint density at radius 1 is 1.24 bits per heavy atom. The molecule has 8 nitrogen and oxygen atoms in total. The summed E-state index contributed by atoms with van der Waals surface area (Å²) in [7, 11) is 0. The van der Waals surface area contributed by atoms with E-state index in [2.05, 4.69) is 25.6 Å². The van der Waals surface area contributed by atoms with Gasteiger partial charge in [-0.15, -0.1) is 0 Å². The van der Waals surface area contributed by atoms with Crippen LogP contribution in [-0.2, 0) is 0 Å². The number of nitrogens with two attached hydrogens (primary N) is 2. The molecule has 6 N–H and O–H groups in total. The molecule has 2 aromatic heterocycles. The maximum absolute atomic E-state index is 11.7. The Kier molecular flexibility index (Phi) is 5.08. The number of carbonyl (C=O) groups excluding carboxylic acids is 1. The molecule has 2 aromatic rings. The zero-order chi connectivity index (χ0) is 17.8. The molecule has 0 bridgehead atoms. The Labute approximate surface area is 146 Å². The largest absolute Gasteiger partial charge is 0.365 e. The Bertz CT molecular complexity index is 764. The number of anilines is 3. The van der Waals surface area contributed by atoms with Crippen molar-refractivity contribution in [2.45, 2.75) is 44.7 Å². The summed E-state index contributed by atoms with van der Waals surface area (Å²) in [6.07, 6.45) is 7.32. The predicted octanol–water partition coefficient (Wildman–Crippen LogP) is 1.70. The van der Waals surface area contributed by atoms with Gasteiger partial charge in [0.15, 0.2) is 0 Å². The van der Waals surface area contributed by atoms with Crippen LogP contribution in [0.15, 0.2) is 24.5 Å². The minimum atomic E-state index is -0.600. The van der Waals surface area contributed by atoms with Crippen LogP contribution in [0.25, 0.3) is 0 Å². The first kappa shape index (κ1) is 17.1. The molecule has 0 aliphatic heterocycles. The van der Waals surface area contributed by atoms with Crippen LogP contribution in [0.1, 0.15) is 41.6 Å².